The average molecular weight is 312 g/mol. The minimum atomic E-state index is 0.206. The molecule has 4 heterocycles. The van der Waals surface area contributed by atoms with Crippen LogP contribution in [0.4, 0.5) is 5.69 Å². The number of amides is 1. The van der Waals surface area contributed by atoms with Gasteiger partial charge in [-0.15, -0.1) is 0 Å². The fourth-order valence-corrected chi connectivity index (χ4v) is 3.25. The minimum Gasteiger partial charge on any atom is -0.309 e. The third-order valence-electron chi connectivity index (χ3n) is 4.48. The first-order chi connectivity index (χ1) is 11.2. The molecule has 0 unspecified atom stereocenters. The molecule has 0 aliphatic carbocycles. The first-order valence-corrected chi connectivity index (χ1v) is 8.03. The highest BCUT2D eigenvalue weighted by molar-refractivity contribution is 5.95. The van der Waals surface area contributed by atoms with Gasteiger partial charge < -0.3 is 4.90 Å². The van der Waals surface area contributed by atoms with E-state index in [1.165, 1.54) is 0 Å². The molecule has 7 nitrogen and oxygen atoms in total. The van der Waals surface area contributed by atoms with Crippen molar-refractivity contribution in [3.8, 4) is 0 Å². The summed E-state index contributed by atoms with van der Waals surface area (Å²) in [6, 6.07) is 0.374. The zero-order chi connectivity index (χ0) is 15.8. The molecule has 2 saturated heterocycles. The van der Waals surface area contributed by atoms with Gasteiger partial charge >= 0.3 is 0 Å². The Labute approximate surface area is 134 Å². The highest BCUT2D eigenvalue weighted by Crippen LogP contribution is 2.26. The van der Waals surface area contributed by atoms with Gasteiger partial charge in [0.2, 0.25) is 5.91 Å². The van der Waals surface area contributed by atoms with Crippen LogP contribution in [0.5, 0.6) is 0 Å². The number of rotatable bonds is 4. The summed E-state index contributed by atoms with van der Waals surface area (Å²) >= 11 is 0. The van der Waals surface area contributed by atoms with Crippen molar-refractivity contribution in [2.45, 2.75) is 32.4 Å². The van der Waals surface area contributed by atoms with Gasteiger partial charge in [0.05, 0.1) is 29.3 Å². The molecule has 4 rings (SSSR count). The lowest BCUT2D eigenvalue weighted by Crippen LogP contribution is -2.47. The van der Waals surface area contributed by atoms with Crippen LogP contribution in [0.15, 0.2) is 24.8 Å². The second-order valence-corrected chi connectivity index (χ2v) is 6.33. The van der Waals surface area contributed by atoms with Crippen LogP contribution in [0.1, 0.15) is 30.3 Å². The number of anilines is 1. The lowest BCUT2D eigenvalue weighted by molar-refractivity contribution is -0.117. The molecule has 2 aliphatic heterocycles. The molecule has 0 N–H and O–H groups in total. The molecule has 0 aromatic carbocycles. The second-order valence-electron chi connectivity index (χ2n) is 6.33. The smallest absolute Gasteiger partial charge is 0.227 e. The van der Waals surface area contributed by atoms with E-state index in [4.69, 9.17) is 0 Å². The molecule has 120 valence electrons. The summed E-state index contributed by atoms with van der Waals surface area (Å²) in [5, 5.41) is 4.44. The van der Waals surface area contributed by atoms with E-state index < -0.39 is 0 Å². The Morgan fingerprint density at radius 2 is 2.13 bits per heavy atom. The Hall–Kier alpha value is -2.28. The first-order valence-electron chi connectivity index (χ1n) is 8.03. The molecule has 7 heteroatoms. The molecule has 2 aromatic heterocycles. The number of hydrogen-bond donors (Lipinski definition) is 0. The van der Waals surface area contributed by atoms with Crippen LogP contribution in [-0.4, -0.2) is 50.2 Å². The van der Waals surface area contributed by atoms with Crippen LogP contribution < -0.4 is 4.90 Å². The van der Waals surface area contributed by atoms with Crippen molar-refractivity contribution in [1.82, 2.24) is 24.6 Å². The fourth-order valence-electron chi connectivity index (χ4n) is 3.25. The lowest BCUT2D eigenvalue weighted by atomic mass is 10.1. The number of aromatic nitrogens is 4. The van der Waals surface area contributed by atoms with Crippen LogP contribution >= 0.6 is 0 Å². The predicted octanol–water partition coefficient (Wildman–Crippen LogP) is 1.17. The molecule has 0 saturated carbocycles. The van der Waals surface area contributed by atoms with Crippen molar-refractivity contribution >= 4 is 11.6 Å². The van der Waals surface area contributed by atoms with E-state index in [2.05, 4.69) is 20.0 Å². The van der Waals surface area contributed by atoms with Crippen molar-refractivity contribution < 1.29 is 4.79 Å². The van der Waals surface area contributed by atoms with Crippen molar-refractivity contribution in [2.24, 2.45) is 0 Å². The molecule has 0 radical (unpaired) electrons. The zero-order valence-electron chi connectivity index (χ0n) is 13.2. The van der Waals surface area contributed by atoms with Crippen molar-refractivity contribution in [3.63, 3.8) is 0 Å². The maximum Gasteiger partial charge on any atom is 0.227 e. The molecular formula is C16H20N6O. The van der Waals surface area contributed by atoms with E-state index in [9.17, 15) is 4.79 Å². The van der Waals surface area contributed by atoms with Crippen molar-refractivity contribution in [3.05, 3.63) is 36.2 Å². The molecule has 0 atom stereocenters. The van der Waals surface area contributed by atoms with Gasteiger partial charge in [0.25, 0.3) is 0 Å². The summed E-state index contributed by atoms with van der Waals surface area (Å²) in [7, 11) is 0. The second kappa shape index (κ2) is 5.73. The van der Waals surface area contributed by atoms with Gasteiger partial charge in [0, 0.05) is 51.2 Å². The largest absolute Gasteiger partial charge is 0.309 e. The summed E-state index contributed by atoms with van der Waals surface area (Å²) in [6.45, 7) is 5.49. The topological polar surface area (TPSA) is 67.2 Å². The first kappa shape index (κ1) is 14.3. The number of nitrogens with zero attached hydrogens (tertiary/aromatic N) is 6. The maximum atomic E-state index is 11.8. The van der Waals surface area contributed by atoms with Crippen LogP contribution in [0.2, 0.25) is 0 Å². The molecular weight excluding hydrogens is 292 g/mol. The molecule has 23 heavy (non-hydrogen) atoms. The van der Waals surface area contributed by atoms with Crippen LogP contribution in [0, 0.1) is 6.92 Å². The van der Waals surface area contributed by atoms with Crippen LogP contribution in [0.25, 0.3) is 0 Å². The standard InChI is InChI=1S/C16H20N6O/c1-12-5-17-6-13(19-12)8-20-9-15(10-20)22-11-14(7-18-22)21-4-2-3-16(21)23/h5-7,11,15H,2-4,8-10H2,1H3. The van der Waals surface area contributed by atoms with E-state index in [1.54, 1.807) is 12.4 Å². The van der Waals surface area contributed by atoms with Gasteiger partial charge in [-0.1, -0.05) is 0 Å². The number of likely N-dealkylation sites (tertiary alicyclic amines) is 1. The van der Waals surface area contributed by atoms with Crippen molar-refractivity contribution in [2.75, 3.05) is 24.5 Å². The Morgan fingerprint density at radius 3 is 2.87 bits per heavy atom. The molecule has 2 aromatic rings. The van der Waals surface area contributed by atoms with Gasteiger partial charge in [-0.05, 0) is 13.3 Å². The molecule has 2 aliphatic rings. The Bertz CT molecular complexity index is 721. The molecule has 0 spiro atoms. The lowest BCUT2D eigenvalue weighted by Gasteiger charge is -2.38. The maximum absolute atomic E-state index is 11.8. The predicted molar refractivity (Wildman–Crippen MR) is 84.9 cm³/mol. The third-order valence-corrected chi connectivity index (χ3v) is 4.48. The van der Waals surface area contributed by atoms with Gasteiger partial charge in [0.15, 0.2) is 0 Å². The number of hydrogen-bond acceptors (Lipinski definition) is 5. The zero-order valence-corrected chi connectivity index (χ0v) is 13.2. The van der Waals surface area contributed by atoms with Gasteiger partial charge in [-0.25, -0.2) is 0 Å². The van der Waals surface area contributed by atoms with Gasteiger partial charge in [-0.3, -0.25) is 24.3 Å². The minimum absolute atomic E-state index is 0.206. The summed E-state index contributed by atoms with van der Waals surface area (Å²) in [6.07, 6.45) is 8.99. The number of carbonyl (C=O) groups excluding carboxylic acids is 1. The van der Waals surface area contributed by atoms with E-state index in [1.807, 2.05) is 28.9 Å². The molecule has 0 bridgehead atoms. The highest BCUT2D eigenvalue weighted by atomic mass is 16.2. The van der Waals surface area contributed by atoms with Crippen LogP contribution in [0.3, 0.4) is 0 Å². The van der Waals surface area contributed by atoms with E-state index in [0.717, 1.165) is 49.7 Å². The summed E-state index contributed by atoms with van der Waals surface area (Å²) in [5.41, 5.74) is 2.88. The summed E-state index contributed by atoms with van der Waals surface area (Å²) < 4.78 is 1.99. The van der Waals surface area contributed by atoms with Gasteiger partial charge in [-0.2, -0.15) is 5.10 Å². The van der Waals surface area contributed by atoms with Crippen molar-refractivity contribution in [1.29, 1.82) is 0 Å². The highest BCUT2D eigenvalue weighted by Gasteiger charge is 2.30. The number of carbonyl (C=O) groups is 1. The SMILES string of the molecule is Cc1cncc(CN2CC(n3cc(N4CCCC4=O)cn3)C2)n1. The van der Waals surface area contributed by atoms with Gasteiger partial charge in [0.1, 0.15) is 0 Å². The molecule has 2 fully saturated rings. The quantitative estimate of drug-likeness (QED) is 0.847. The van der Waals surface area contributed by atoms with Crippen LogP contribution in [-0.2, 0) is 11.3 Å². The summed E-state index contributed by atoms with van der Waals surface area (Å²) in [5.74, 6) is 0.206. The fraction of sp³-hybridized carbons (Fsp3) is 0.500. The Balaban J connectivity index is 1.35. The monoisotopic (exact) mass is 312 g/mol. The number of aryl methyl sites for hydroxylation is 1. The molecule has 1 amide bonds. The third kappa shape index (κ3) is 2.84. The van der Waals surface area contributed by atoms with E-state index >= 15 is 0 Å². The Morgan fingerprint density at radius 1 is 1.26 bits per heavy atom. The van der Waals surface area contributed by atoms with E-state index in [0.29, 0.717) is 12.5 Å². The normalized spacial score (nSPS) is 19.3. The average Bonchev–Trinajstić information content (AvgIpc) is 3.11. The summed E-state index contributed by atoms with van der Waals surface area (Å²) in [4.78, 5) is 24.6. The van der Waals surface area contributed by atoms with E-state index in [-0.39, 0.29) is 5.91 Å². The Kier molecular flexibility index (Phi) is 3.57.